The largest absolute Gasteiger partial charge is 0.456 e. The molecule has 3 heterocycles. The first kappa shape index (κ1) is 21.5. The van der Waals surface area contributed by atoms with E-state index in [1.54, 1.807) is 24.7 Å². The Balaban J connectivity index is 0.998. The maximum Gasteiger partial charge on any atom is 0.231 e. The number of piperazine rings is 1. The lowest BCUT2D eigenvalue weighted by molar-refractivity contribution is 0.0536. The normalized spacial score (nSPS) is 25.9. The Morgan fingerprint density at radius 3 is 2.56 bits per heavy atom. The molecule has 4 aliphatic rings. The summed E-state index contributed by atoms with van der Waals surface area (Å²) in [5, 5.41) is 1.18. The third-order valence-corrected chi connectivity index (χ3v) is 7.86. The molecule has 34 heavy (non-hydrogen) atoms. The van der Waals surface area contributed by atoms with Crippen molar-refractivity contribution in [2.75, 3.05) is 26.2 Å². The molecule has 1 saturated carbocycles. The van der Waals surface area contributed by atoms with Crippen LogP contribution in [0.1, 0.15) is 50.0 Å². The smallest absolute Gasteiger partial charge is 0.231 e. The molecule has 0 unspecified atom stereocenters. The summed E-state index contributed by atoms with van der Waals surface area (Å²) in [4.78, 5) is 8.21. The Hall–Kier alpha value is -2.99. The number of aromatic amines is 1. The highest BCUT2D eigenvalue weighted by Gasteiger charge is 2.31. The number of ether oxygens (including phenoxy) is 2. The molecule has 0 amide bonds. The van der Waals surface area contributed by atoms with Gasteiger partial charge in [-0.15, -0.1) is 0 Å². The number of hydrogen-bond acceptors (Lipinski definition) is 4. The predicted octanol–water partition coefficient (Wildman–Crippen LogP) is 5.91. The maximum absolute atomic E-state index is 13.5. The van der Waals surface area contributed by atoms with Crippen molar-refractivity contribution in [2.24, 2.45) is 0 Å². The minimum absolute atomic E-state index is 0.180. The van der Waals surface area contributed by atoms with Crippen LogP contribution in [0, 0.1) is 5.82 Å². The standard InChI is InChI=1S/C28H32FN3O2/c29-22-8-11-24-25(17-30-26(24)16-22)20-6-9-23(10-7-20)31-12-14-32(15-13-31)28-19-33-27(18-34-28)21-4-2-1-3-5-21/h1-2,4,8,11,16-20,23,30H,3,5-7,9-10,12-15H2. The van der Waals surface area contributed by atoms with Gasteiger partial charge in [0.25, 0.3) is 0 Å². The fourth-order valence-corrected chi connectivity index (χ4v) is 5.91. The van der Waals surface area contributed by atoms with Crippen LogP contribution >= 0.6 is 0 Å². The van der Waals surface area contributed by atoms with Gasteiger partial charge in [0.1, 0.15) is 12.1 Å². The second-order valence-electron chi connectivity index (χ2n) is 9.80. The fourth-order valence-electron chi connectivity index (χ4n) is 5.91. The van der Waals surface area contributed by atoms with E-state index in [4.69, 9.17) is 9.47 Å². The molecule has 1 saturated heterocycles. The third-order valence-electron chi connectivity index (χ3n) is 7.86. The molecule has 0 spiro atoms. The minimum atomic E-state index is -0.180. The van der Waals surface area contributed by atoms with E-state index in [1.807, 2.05) is 6.07 Å². The molecule has 1 N–H and O–H groups in total. The summed E-state index contributed by atoms with van der Waals surface area (Å²) in [6.45, 7) is 4.01. The van der Waals surface area contributed by atoms with E-state index in [9.17, 15) is 4.39 Å². The van der Waals surface area contributed by atoms with Crippen LogP contribution in [0.5, 0.6) is 0 Å². The first-order chi connectivity index (χ1) is 16.7. The summed E-state index contributed by atoms with van der Waals surface area (Å²) in [5.74, 6) is 2.02. The number of H-pyrrole nitrogens is 1. The van der Waals surface area contributed by atoms with Crippen LogP contribution in [0.2, 0.25) is 0 Å². The monoisotopic (exact) mass is 461 g/mol. The third kappa shape index (κ3) is 4.27. The molecule has 0 atom stereocenters. The summed E-state index contributed by atoms with van der Waals surface area (Å²) < 4.78 is 25.4. The van der Waals surface area contributed by atoms with Gasteiger partial charge in [-0.2, -0.15) is 0 Å². The fraction of sp³-hybridized carbons (Fsp3) is 0.429. The molecule has 0 bridgehead atoms. The molecule has 178 valence electrons. The molecule has 0 radical (unpaired) electrons. The number of nitrogens with zero attached hydrogens (tertiary/aromatic N) is 2. The molecule has 6 heteroatoms. The summed E-state index contributed by atoms with van der Waals surface area (Å²) in [6, 6.07) is 5.75. The average Bonchev–Trinajstić information content (AvgIpc) is 3.32. The van der Waals surface area contributed by atoms with Crippen LogP contribution in [-0.2, 0) is 9.47 Å². The zero-order valence-electron chi connectivity index (χ0n) is 19.5. The molecule has 2 aliphatic heterocycles. The van der Waals surface area contributed by atoms with Gasteiger partial charge in [0, 0.05) is 49.3 Å². The number of aromatic nitrogens is 1. The van der Waals surface area contributed by atoms with Crippen LogP contribution < -0.4 is 0 Å². The average molecular weight is 462 g/mol. The van der Waals surface area contributed by atoms with Gasteiger partial charge >= 0.3 is 0 Å². The Kier molecular flexibility index (Phi) is 5.91. The van der Waals surface area contributed by atoms with Crippen LogP contribution in [0.4, 0.5) is 4.39 Å². The molecular weight excluding hydrogens is 429 g/mol. The van der Waals surface area contributed by atoms with Gasteiger partial charge in [0.2, 0.25) is 5.88 Å². The molecule has 1 aromatic heterocycles. The zero-order chi connectivity index (χ0) is 22.9. The summed E-state index contributed by atoms with van der Waals surface area (Å²) in [5.41, 5.74) is 3.45. The van der Waals surface area contributed by atoms with Crippen molar-refractivity contribution in [3.05, 3.63) is 83.7 Å². The van der Waals surface area contributed by atoms with Crippen molar-refractivity contribution < 1.29 is 13.9 Å². The molecule has 2 aromatic rings. The molecule has 2 aliphatic carbocycles. The van der Waals surface area contributed by atoms with Gasteiger partial charge in [-0.1, -0.05) is 18.2 Å². The molecule has 5 nitrogen and oxygen atoms in total. The van der Waals surface area contributed by atoms with Gasteiger partial charge in [-0.05, 0) is 73.8 Å². The Labute approximate surface area is 200 Å². The van der Waals surface area contributed by atoms with Gasteiger partial charge in [-0.25, -0.2) is 4.39 Å². The quantitative estimate of drug-likeness (QED) is 0.614. The van der Waals surface area contributed by atoms with Gasteiger partial charge in [-0.3, -0.25) is 4.90 Å². The van der Waals surface area contributed by atoms with E-state index >= 15 is 0 Å². The lowest BCUT2D eigenvalue weighted by Crippen LogP contribution is -2.50. The van der Waals surface area contributed by atoms with Crippen molar-refractivity contribution in [1.29, 1.82) is 0 Å². The Morgan fingerprint density at radius 2 is 1.82 bits per heavy atom. The molecular formula is C28H32FN3O2. The Bertz CT molecular complexity index is 1160. The maximum atomic E-state index is 13.5. The Morgan fingerprint density at radius 1 is 0.971 bits per heavy atom. The second-order valence-corrected chi connectivity index (χ2v) is 9.80. The lowest BCUT2D eigenvalue weighted by atomic mass is 9.81. The lowest BCUT2D eigenvalue weighted by Gasteiger charge is -2.42. The topological polar surface area (TPSA) is 40.7 Å². The van der Waals surface area contributed by atoms with E-state index in [2.05, 4.69) is 39.2 Å². The molecule has 2 fully saturated rings. The van der Waals surface area contributed by atoms with Crippen molar-refractivity contribution in [3.63, 3.8) is 0 Å². The van der Waals surface area contributed by atoms with Crippen molar-refractivity contribution in [2.45, 2.75) is 50.5 Å². The number of rotatable bonds is 4. The second kappa shape index (κ2) is 9.34. The van der Waals surface area contributed by atoms with Crippen LogP contribution in [-0.4, -0.2) is 47.0 Å². The van der Waals surface area contributed by atoms with Gasteiger partial charge in [0.05, 0.1) is 0 Å². The first-order valence-corrected chi connectivity index (χ1v) is 12.6. The highest BCUT2D eigenvalue weighted by molar-refractivity contribution is 5.83. The van der Waals surface area contributed by atoms with Gasteiger partial charge in [0.15, 0.2) is 12.0 Å². The van der Waals surface area contributed by atoms with Crippen LogP contribution in [0.3, 0.4) is 0 Å². The van der Waals surface area contributed by atoms with Crippen molar-refractivity contribution in [1.82, 2.24) is 14.8 Å². The van der Waals surface area contributed by atoms with Crippen molar-refractivity contribution in [3.8, 4) is 0 Å². The summed E-state index contributed by atoms with van der Waals surface area (Å²) in [7, 11) is 0. The van der Waals surface area contributed by atoms with Crippen molar-refractivity contribution >= 4 is 10.9 Å². The zero-order valence-corrected chi connectivity index (χ0v) is 19.5. The number of allylic oxidation sites excluding steroid dienone is 4. The van der Waals surface area contributed by atoms with Crippen LogP contribution in [0.15, 0.2) is 72.4 Å². The number of hydrogen-bond donors (Lipinski definition) is 1. The molecule has 6 rings (SSSR count). The first-order valence-electron chi connectivity index (χ1n) is 12.6. The van der Waals surface area contributed by atoms with E-state index in [-0.39, 0.29) is 5.82 Å². The minimum Gasteiger partial charge on any atom is -0.456 e. The number of nitrogens with one attached hydrogen (secondary N) is 1. The van der Waals surface area contributed by atoms with E-state index in [0.29, 0.717) is 12.0 Å². The highest BCUT2D eigenvalue weighted by Crippen LogP contribution is 2.38. The number of benzene rings is 1. The summed E-state index contributed by atoms with van der Waals surface area (Å²) >= 11 is 0. The SMILES string of the molecule is Fc1ccc2c(C3CCC(N4CCN(C5=COC(C6=CC=CCC6)=CO5)CC4)CC3)c[nH]c2c1. The van der Waals surface area contributed by atoms with E-state index < -0.39 is 0 Å². The van der Waals surface area contributed by atoms with Crippen LogP contribution in [0.25, 0.3) is 10.9 Å². The van der Waals surface area contributed by atoms with E-state index in [1.165, 1.54) is 42.2 Å². The van der Waals surface area contributed by atoms with E-state index in [0.717, 1.165) is 56.2 Å². The number of fused-ring (bicyclic) bond motifs is 1. The number of halogens is 1. The predicted molar refractivity (Wildman–Crippen MR) is 131 cm³/mol. The molecule has 1 aromatic carbocycles. The summed E-state index contributed by atoms with van der Waals surface area (Å²) in [6.07, 6.45) is 18.8. The highest BCUT2D eigenvalue weighted by atomic mass is 19.1. The van der Waals surface area contributed by atoms with Gasteiger partial charge < -0.3 is 19.4 Å².